The Morgan fingerprint density at radius 2 is 1.77 bits per heavy atom. The molecule has 0 aromatic heterocycles. The van der Waals surface area contributed by atoms with Gasteiger partial charge >= 0.3 is 0 Å². The molecule has 0 radical (unpaired) electrons. The van der Waals surface area contributed by atoms with Crippen molar-refractivity contribution in [1.29, 1.82) is 5.26 Å². The molecule has 3 aromatic rings. The molecule has 3 rings (SSSR count). The number of nitrogens with zero attached hydrogens (tertiary/aromatic N) is 1. The normalized spacial score (nSPS) is 11.0. The molecule has 3 aromatic carbocycles. The number of allylic oxidation sites excluding steroid dienone is 1. The Morgan fingerprint density at radius 3 is 2.42 bits per heavy atom. The van der Waals surface area contributed by atoms with Gasteiger partial charge in [0.15, 0.2) is 0 Å². The number of ether oxygens (including phenoxy) is 1. The Kier molecular flexibility index (Phi) is 5.73. The fourth-order valence-corrected chi connectivity index (χ4v) is 2.78. The molecule has 0 bridgehead atoms. The zero-order valence-corrected chi connectivity index (χ0v) is 15.2. The lowest BCUT2D eigenvalue weighted by atomic mass is 10.0. The highest BCUT2D eigenvalue weighted by Gasteiger charge is 2.05. The summed E-state index contributed by atoms with van der Waals surface area (Å²) in [6, 6.07) is 25.6. The van der Waals surface area contributed by atoms with Crippen molar-refractivity contribution in [3.8, 4) is 11.8 Å². The van der Waals surface area contributed by atoms with Crippen molar-refractivity contribution in [1.82, 2.24) is 0 Å². The summed E-state index contributed by atoms with van der Waals surface area (Å²) >= 11 is 6.35. The fraction of sp³-hybridized carbons (Fsp3) is 0.0870. The molecular formula is C23H18ClNO. The maximum absolute atomic E-state index is 9.47. The van der Waals surface area contributed by atoms with Crippen LogP contribution >= 0.6 is 11.6 Å². The summed E-state index contributed by atoms with van der Waals surface area (Å²) in [5, 5.41) is 9.99. The van der Waals surface area contributed by atoms with Crippen LogP contribution in [-0.4, -0.2) is 0 Å². The summed E-state index contributed by atoms with van der Waals surface area (Å²) in [6.45, 7) is 2.48. The molecule has 3 heteroatoms. The van der Waals surface area contributed by atoms with Crippen LogP contribution in [0.3, 0.4) is 0 Å². The van der Waals surface area contributed by atoms with Crippen LogP contribution in [-0.2, 0) is 6.61 Å². The second-order valence-corrected chi connectivity index (χ2v) is 6.41. The zero-order valence-electron chi connectivity index (χ0n) is 14.4. The number of hydrogen-bond donors (Lipinski definition) is 0. The molecule has 0 amide bonds. The molecule has 0 saturated carbocycles. The Morgan fingerprint density at radius 1 is 1.04 bits per heavy atom. The first-order chi connectivity index (χ1) is 12.7. The second-order valence-electron chi connectivity index (χ2n) is 6.00. The smallest absolute Gasteiger partial charge is 0.138 e. The number of rotatable bonds is 5. The Balaban J connectivity index is 1.78. The number of halogens is 1. The minimum Gasteiger partial charge on any atom is -0.487 e. The number of aryl methyl sites for hydroxylation is 1. The highest BCUT2D eigenvalue weighted by molar-refractivity contribution is 6.32. The van der Waals surface area contributed by atoms with E-state index < -0.39 is 0 Å². The monoisotopic (exact) mass is 359 g/mol. The summed E-state index contributed by atoms with van der Waals surface area (Å²) < 4.78 is 5.79. The van der Waals surface area contributed by atoms with Crippen molar-refractivity contribution in [2.45, 2.75) is 13.5 Å². The highest BCUT2D eigenvalue weighted by Crippen LogP contribution is 2.28. The third-order valence-electron chi connectivity index (χ3n) is 3.99. The van der Waals surface area contributed by atoms with Gasteiger partial charge in [-0.15, -0.1) is 0 Å². The van der Waals surface area contributed by atoms with Gasteiger partial charge in [-0.3, -0.25) is 0 Å². The van der Waals surface area contributed by atoms with Crippen LogP contribution in [0.2, 0.25) is 5.02 Å². The van der Waals surface area contributed by atoms with Crippen LogP contribution in [0.4, 0.5) is 0 Å². The van der Waals surface area contributed by atoms with E-state index in [2.05, 4.69) is 6.07 Å². The summed E-state index contributed by atoms with van der Waals surface area (Å²) in [6.07, 6.45) is 1.83. The number of benzene rings is 3. The minimum atomic E-state index is 0.461. The van der Waals surface area contributed by atoms with Crippen LogP contribution in [0.25, 0.3) is 11.6 Å². The first-order valence-electron chi connectivity index (χ1n) is 8.31. The van der Waals surface area contributed by atoms with Crippen LogP contribution in [0.1, 0.15) is 22.3 Å². The zero-order chi connectivity index (χ0) is 18.4. The predicted molar refractivity (Wildman–Crippen MR) is 107 cm³/mol. The van der Waals surface area contributed by atoms with Gasteiger partial charge in [0.2, 0.25) is 0 Å². The van der Waals surface area contributed by atoms with E-state index in [1.165, 1.54) is 0 Å². The van der Waals surface area contributed by atoms with Gasteiger partial charge in [-0.1, -0.05) is 77.8 Å². The van der Waals surface area contributed by atoms with Gasteiger partial charge in [-0.25, -0.2) is 0 Å². The highest BCUT2D eigenvalue weighted by atomic mass is 35.5. The fourth-order valence-electron chi connectivity index (χ4n) is 2.54. The maximum Gasteiger partial charge on any atom is 0.138 e. The van der Waals surface area contributed by atoms with E-state index in [0.717, 1.165) is 22.3 Å². The standard InChI is InChI=1S/C23H18ClNO/c1-17-7-10-20(11-8-17)21(15-25)13-19-9-12-23(22(24)14-19)26-16-18-5-3-2-4-6-18/h2-14H,16H2,1H3/b21-13+. The van der Waals surface area contributed by atoms with Gasteiger partial charge in [0.05, 0.1) is 16.7 Å². The molecule has 0 unspecified atom stereocenters. The van der Waals surface area contributed by atoms with Crippen LogP contribution in [0.5, 0.6) is 5.75 Å². The summed E-state index contributed by atoms with van der Waals surface area (Å²) in [5.41, 5.74) is 4.59. The van der Waals surface area contributed by atoms with Crippen LogP contribution < -0.4 is 4.74 Å². The lowest BCUT2D eigenvalue weighted by molar-refractivity contribution is 0.306. The van der Waals surface area contributed by atoms with Gasteiger partial charge in [0, 0.05) is 0 Å². The third kappa shape index (κ3) is 4.53. The van der Waals surface area contributed by atoms with E-state index >= 15 is 0 Å². The topological polar surface area (TPSA) is 33.0 Å². The van der Waals surface area contributed by atoms with Gasteiger partial charge in [0.1, 0.15) is 12.4 Å². The summed E-state index contributed by atoms with van der Waals surface area (Å²) in [5.74, 6) is 0.626. The average Bonchev–Trinajstić information content (AvgIpc) is 2.67. The van der Waals surface area contributed by atoms with Gasteiger partial charge in [-0.2, -0.15) is 5.26 Å². The molecule has 0 aliphatic carbocycles. The first kappa shape index (κ1) is 17.8. The van der Waals surface area contributed by atoms with Crippen molar-refractivity contribution in [3.63, 3.8) is 0 Å². The van der Waals surface area contributed by atoms with Crippen molar-refractivity contribution in [3.05, 3.63) is 100 Å². The van der Waals surface area contributed by atoms with Crippen LogP contribution in [0, 0.1) is 18.3 Å². The summed E-state index contributed by atoms with van der Waals surface area (Å²) in [4.78, 5) is 0. The van der Waals surface area contributed by atoms with E-state index in [1.807, 2.05) is 85.8 Å². The lowest BCUT2D eigenvalue weighted by Gasteiger charge is -2.09. The van der Waals surface area contributed by atoms with Crippen molar-refractivity contribution >= 4 is 23.3 Å². The molecular weight excluding hydrogens is 342 g/mol. The van der Waals surface area contributed by atoms with E-state index in [0.29, 0.717) is 23.0 Å². The van der Waals surface area contributed by atoms with E-state index in [-0.39, 0.29) is 0 Å². The molecule has 128 valence electrons. The van der Waals surface area contributed by atoms with Gasteiger partial charge in [0.25, 0.3) is 0 Å². The Bertz CT molecular complexity index is 954. The molecule has 0 spiro atoms. The van der Waals surface area contributed by atoms with Crippen LogP contribution in [0.15, 0.2) is 72.8 Å². The lowest BCUT2D eigenvalue weighted by Crippen LogP contribution is -1.95. The molecule has 2 nitrogen and oxygen atoms in total. The van der Waals surface area contributed by atoms with Crippen molar-refractivity contribution < 1.29 is 4.74 Å². The summed E-state index contributed by atoms with van der Waals surface area (Å²) in [7, 11) is 0. The number of nitriles is 1. The average molecular weight is 360 g/mol. The molecule has 0 saturated heterocycles. The quantitative estimate of drug-likeness (QED) is 0.396. The van der Waals surface area contributed by atoms with Crippen molar-refractivity contribution in [2.75, 3.05) is 0 Å². The molecule has 0 N–H and O–H groups in total. The minimum absolute atomic E-state index is 0.461. The molecule has 0 fully saturated rings. The Hall–Kier alpha value is -3.02. The largest absolute Gasteiger partial charge is 0.487 e. The molecule has 26 heavy (non-hydrogen) atoms. The molecule has 0 aliphatic heterocycles. The van der Waals surface area contributed by atoms with E-state index in [4.69, 9.17) is 16.3 Å². The Labute approximate surface area is 158 Å². The maximum atomic E-state index is 9.47. The predicted octanol–water partition coefficient (Wildman–Crippen LogP) is 6.29. The molecule has 0 aliphatic rings. The van der Waals surface area contributed by atoms with Gasteiger partial charge < -0.3 is 4.74 Å². The second kappa shape index (κ2) is 8.38. The first-order valence-corrected chi connectivity index (χ1v) is 8.68. The molecule has 0 atom stereocenters. The van der Waals surface area contributed by atoms with Crippen molar-refractivity contribution in [2.24, 2.45) is 0 Å². The SMILES string of the molecule is Cc1ccc(/C(C#N)=C/c2ccc(OCc3ccccc3)c(Cl)c2)cc1. The van der Waals surface area contributed by atoms with Gasteiger partial charge in [-0.05, 0) is 41.8 Å². The van der Waals surface area contributed by atoms with E-state index in [1.54, 1.807) is 0 Å². The number of hydrogen-bond acceptors (Lipinski definition) is 2. The van der Waals surface area contributed by atoms with E-state index in [9.17, 15) is 5.26 Å². The molecule has 0 heterocycles. The third-order valence-corrected chi connectivity index (χ3v) is 4.28.